The highest BCUT2D eigenvalue weighted by atomic mass is 16.5. The lowest BCUT2D eigenvalue weighted by Gasteiger charge is -2.32. The van der Waals surface area contributed by atoms with Crippen molar-refractivity contribution in [2.24, 2.45) is 0 Å². The van der Waals surface area contributed by atoms with Crippen LogP contribution in [0.25, 0.3) is 0 Å². The van der Waals surface area contributed by atoms with E-state index in [9.17, 15) is 4.79 Å². The highest BCUT2D eigenvalue weighted by Crippen LogP contribution is 2.18. The van der Waals surface area contributed by atoms with Crippen LogP contribution in [0, 0.1) is 0 Å². The van der Waals surface area contributed by atoms with Crippen LogP contribution in [0.1, 0.15) is 17.3 Å². The van der Waals surface area contributed by atoms with Crippen LogP contribution >= 0.6 is 0 Å². The molecule has 2 rings (SSSR count). The van der Waals surface area contributed by atoms with E-state index in [4.69, 9.17) is 9.84 Å². The third-order valence-corrected chi connectivity index (χ3v) is 2.47. The van der Waals surface area contributed by atoms with Gasteiger partial charge < -0.3 is 14.7 Å². The number of rotatable bonds is 2. The van der Waals surface area contributed by atoms with Crippen molar-refractivity contribution in [1.29, 1.82) is 0 Å². The van der Waals surface area contributed by atoms with E-state index in [-0.39, 0.29) is 11.7 Å². The normalized spacial score (nSPS) is 20.8. The second kappa shape index (κ2) is 4.44. The van der Waals surface area contributed by atoms with Gasteiger partial charge in [-0.2, -0.15) is 5.10 Å². The van der Waals surface area contributed by atoms with E-state index in [0.717, 1.165) is 0 Å². The first-order valence-electron chi connectivity index (χ1n) is 5.10. The van der Waals surface area contributed by atoms with E-state index in [1.165, 1.54) is 12.3 Å². The zero-order chi connectivity index (χ0) is 11.5. The Bertz CT molecular complexity index is 397. The highest BCUT2D eigenvalue weighted by molar-refractivity contribution is 5.93. The van der Waals surface area contributed by atoms with Crippen LogP contribution < -0.4 is 4.90 Å². The first kappa shape index (κ1) is 10.8. The Labute approximate surface area is 92.9 Å². The third kappa shape index (κ3) is 2.11. The summed E-state index contributed by atoms with van der Waals surface area (Å²) in [6, 6.07) is 1.46. The number of carbonyl (C=O) groups is 1. The van der Waals surface area contributed by atoms with Crippen LogP contribution in [0.2, 0.25) is 0 Å². The highest BCUT2D eigenvalue weighted by Gasteiger charge is 2.22. The number of carboxylic acid groups (broad SMARTS) is 1. The average molecular weight is 223 g/mol. The molecule has 16 heavy (non-hydrogen) atoms. The van der Waals surface area contributed by atoms with Gasteiger partial charge in [0.2, 0.25) is 0 Å². The van der Waals surface area contributed by atoms with Gasteiger partial charge in [0.15, 0.2) is 5.82 Å². The molecule has 0 aliphatic carbocycles. The summed E-state index contributed by atoms with van der Waals surface area (Å²) in [7, 11) is 0. The minimum Gasteiger partial charge on any atom is -0.478 e. The van der Waals surface area contributed by atoms with Crippen molar-refractivity contribution in [3.8, 4) is 0 Å². The molecule has 1 N–H and O–H groups in total. The molecule has 1 aliphatic rings. The van der Waals surface area contributed by atoms with Crippen LogP contribution in [0.3, 0.4) is 0 Å². The first-order valence-corrected chi connectivity index (χ1v) is 5.10. The molecule has 1 aromatic heterocycles. The molecule has 1 aliphatic heterocycles. The van der Waals surface area contributed by atoms with E-state index in [1.54, 1.807) is 0 Å². The summed E-state index contributed by atoms with van der Waals surface area (Å²) in [5.41, 5.74) is 0.184. The van der Waals surface area contributed by atoms with Crippen LogP contribution in [0.4, 0.5) is 5.82 Å². The number of morpholine rings is 1. The summed E-state index contributed by atoms with van der Waals surface area (Å²) in [6.45, 7) is 3.81. The second-order valence-corrected chi connectivity index (χ2v) is 3.70. The van der Waals surface area contributed by atoms with Crippen molar-refractivity contribution in [2.75, 3.05) is 24.6 Å². The average Bonchev–Trinajstić information content (AvgIpc) is 2.29. The van der Waals surface area contributed by atoms with Gasteiger partial charge in [0.1, 0.15) is 5.56 Å². The molecule has 1 saturated heterocycles. The molecular weight excluding hydrogens is 210 g/mol. The predicted molar refractivity (Wildman–Crippen MR) is 56.6 cm³/mol. The third-order valence-electron chi connectivity index (χ3n) is 2.47. The molecule has 1 fully saturated rings. The minimum absolute atomic E-state index is 0.0809. The zero-order valence-electron chi connectivity index (χ0n) is 8.96. The molecule has 86 valence electrons. The van der Waals surface area contributed by atoms with Gasteiger partial charge in [-0.1, -0.05) is 0 Å². The van der Waals surface area contributed by atoms with Gasteiger partial charge in [-0.25, -0.2) is 4.79 Å². The summed E-state index contributed by atoms with van der Waals surface area (Å²) in [5.74, 6) is -0.561. The first-order chi connectivity index (χ1) is 7.68. The molecule has 0 amide bonds. The number of hydrogen-bond donors (Lipinski definition) is 1. The van der Waals surface area contributed by atoms with E-state index in [0.29, 0.717) is 25.5 Å². The fourth-order valence-corrected chi connectivity index (χ4v) is 1.74. The topological polar surface area (TPSA) is 75.6 Å². The monoisotopic (exact) mass is 223 g/mol. The Hall–Kier alpha value is -1.69. The van der Waals surface area contributed by atoms with E-state index >= 15 is 0 Å². The Morgan fingerprint density at radius 2 is 2.50 bits per heavy atom. The molecule has 6 heteroatoms. The van der Waals surface area contributed by atoms with Crippen LogP contribution in [-0.2, 0) is 4.74 Å². The lowest BCUT2D eigenvalue weighted by atomic mass is 10.2. The van der Waals surface area contributed by atoms with E-state index in [2.05, 4.69) is 10.2 Å². The fraction of sp³-hybridized carbons (Fsp3) is 0.500. The minimum atomic E-state index is -0.982. The molecule has 0 bridgehead atoms. The largest absolute Gasteiger partial charge is 0.478 e. The smallest absolute Gasteiger partial charge is 0.339 e. The Balaban J connectivity index is 2.28. The number of hydrogen-bond acceptors (Lipinski definition) is 5. The van der Waals surface area contributed by atoms with Crippen molar-refractivity contribution in [2.45, 2.75) is 13.0 Å². The van der Waals surface area contributed by atoms with E-state index in [1.807, 2.05) is 11.8 Å². The fourth-order valence-electron chi connectivity index (χ4n) is 1.74. The summed E-state index contributed by atoms with van der Waals surface area (Å²) < 4.78 is 5.39. The molecule has 1 atom stereocenters. The van der Waals surface area contributed by atoms with Crippen molar-refractivity contribution in [1.82, 2.24) is 10.2 Å². The zero-order valence-corrected chi connectivity index (χ0v) is 8.96. The standard InChI is InChI=1S/C10H13N3O3/c1-7-6-13(4-5-16-7)9-8(10(14)15)2-3-11-12-9/h2-3,7H,4-6H2,1H3,(H,14,15). The Morgan fingerprint density at radius 1 is 1.69 bits per heavy atom. The molecule has 6 nitrogen and oxygen atoms in total. The molecule has 0 spiro atoms. The molecule has 1 aromatic rings. The molecule has 1 unspecified atom stereocenters. The molecule has 2 heterocycles. The number of nitrogens with zero attached hydrogens (tertiary/aromatic N) is 3. The van der Waals surface area contributed by atoms with Crippen LogP contribution in [0.5, 0.6) is 0 Å². The molecule has 0 radical (unpaired) electrons. The number of carboxylic acids is 1. The van der Waals surface area contributed by atoms with Crippen molar-refractivity contribution >= 4 is 11.8 Å². The molecular formula is C10H13N3O3. The number of ether oxygens (including phenoxy) is 1. The summed E-state index contributed by atoms with van der Waals surface area (Å²) >= 11 is 0. The van der Waals surface area contributed by atoms with Gasteiger partial charge in [0, 0.05) is 13.1 Å². The number of aromatic carboxylic acids is 1. The van der Waals surface area contributed by atoms with E-state index < -0.39 is 5.97 Å². The van der Waals surface area contributed by atoms with Crippen LogP contribution in [-0.4, -0.2) is 47.1 Å². The van der Waals surface area contributed by atoms with Gasteiger partial charge in [-0.15, -0.1) is 5.10 Å². The van der Waals surface area contributed by atoms with Crippen LogP contribution in [0.15, 0.2) is 12.3 Å². The van der Waals surface area contributed by atoms with Gasteiger partial charge in [-0.3, -0.25) is 0 Å². The quantitative estimate of drug-likeness (QED) is 0.782. The maximum absolute atomic E-state index is 11.0. The number of aromatic nitrogens is 2. The lowest BCUT2D eigenvalue weighted by molar-refractivity contribution is 0.0524. The van der Waals surface area contributed by atoms with Gasteiger partial charge >= 0.3 is 5.97 Å². The van der Waals surface area contributed by atoms with Gasteiger partial charge in [0.05, 0.1) is 18.9 Å². The summed E-state index contributed by atoms with van der Waals surface area (Å²) in [5, 5.41) is 16.7. The Morgan fingerprint density at radius 3 is 3.19 bits per heavy atom. The van der Waals surface area contributed by atoms with Crippen molar-refractivity contribution in [3.05, 3.63) is 17.8 Å². The molecule has 0 aromatic carbocycles. The second-order valence-electron chi connectivity index (χ2n) is 3.70. The van der Waals surface area contributed by atoms with Gasteiger partial charge in [0.25, 0.3) is 0 Å². The summed E-state index contributed by atoms with van der Waals surface area (Å²) in [6.07, 6.45) is 1.47. The summed E-state index contributed by atoms with van der Waals surface area (Å²) in [4.78, 5) is 12.9. The number of anilines is 1. The van der Waals surface area contributed by atoms with Gasteiger partial charge in [-0.05, 0) is 13.0 Å². The molecule has 0 saturated carbocycles. The Kier molecular flexibility index (Phi) is 3.00. The SMILES string of the molecule is CC1CN(c2nnccc2C(=O)O)CCO1. The maximum atomic E-state index is 11.0. The lowest BCUT2D eigenvalue weighted by Crippen LogP contribution is -2.42. The van der Waals surface area contributed by atoms with Crippen molar-refractivity contribution in [3.63, 3.8) is 0 Å². The predicted octanol–water partition coefficient (Wildman–Crippen LogP) is 0.400. The maximum Gasteiger partial charge on any atom is 0.339 e. The van der Waals surface area contributed by atoms with Crippen molar-refractivity contribution < 1.29 is 14.6 Å².